The highest BCUT2D eigenvalue weighted by molar-refractivity contribution is 5.46. The van der Waals surface area contributed by atoms with E-state index in [0.717, 1.165) is 31.1 Å². The molecule has 112 valence electrons. The van der Waals surface area contributed by atoms with Crippen molar-refractivity contribution in [2.45, 2.75) is 19.0 Å². The average molecular weight is 286 g/mol. The first kappa shape index (κ1) is 14.1. The molecule has 5 heteroatoms. The summed E-state index contributed by atoms with van der Waals surface area (Å²) in [4.78, 5) is 2.46. The SMILES string of the molecule is CNC1CCN(Cc2ccnn2-c2ccccc2OC)C1. The minimum atomic E-state index is 0.604. The summed E-state index contributed by atoms with van der Waals surface area (Å²) in [7, 11) is 3.73. The van der Waals surface area contributed by atoms with Gasteiger partial charge in [0.1, 0.15) is 11.4 Å². The van der Waals surface area contributed by atoms with Gasteiger partial charge in [-0.3, -0.25) is 4.90 Å². The van der Waals surface area contributed by atoms with Gasteiger partial charge in [-0.25, -0.2) is 4.68 Å². The Morgan fingerprint density at radius 2 is 2.19 bits per heavy atom. The maximum absolute atomic E-state index is 5.44. The van der Waals surface area contributed by atoms with E-state index >= 15 is 0 Å². The predicted molar refractivity (Wildman–Crippen MR) is 82.9 cm³/mol. The van der Waals surface area contributed by atoms with E-state index in [2.05, 4.69) is 21.4 Å². The van der Waals surface area contributed by atoms with Crippen LogP contribution in [0.3, 0.4) is 0 Å². The van der Waals surface area contributed by atoms with Crippen molar-refractivity contribution in [1.29, 1.82) is 0 Å². The fourth-order valence-corrected chi connectivity index (χ4v) is 2.91. The van der Waals surface area contributed by atoms with Crippen LogP contribution < -0.4 is 10.1 Å². The van der Waals surface area contributed by atoms with E-state index in [0.29, 0.717) is 6.04 Å². The molecular formula is C16H22N4O. The summed E-state index contributed by atoms with van der Waals surface area (Å²) in [5.74, 6) is 0.844. The van der Waals surface area contributed by atoms with Crippen LogP contribution in [0.1, 0.15) is 12.1 Å². The van der Waals surface area contributed by atoms with E-state index in [1.165, 1.54) is 12.1 Å². The summed E-state index contributed by atoms with van der Waals surface area (Å²) in [6.45, 7) is 3.13. The lowest BCUT2D eigenvalue weighted by atomic mass is 10.3. The minimum Gasteiger partial charge on any atom is -0.494 e. The Labute approximate surface area is 125 Å². The van der Waals surface area contributed by atoms with Crippen LogP contribution in [0.25, 0.3) is 5.69 Å². The second-order valence-electron chi connectivity index (χ2n) is 5.42. The highest BCUT2D eigenvalue weighted by atomic mass is 16.5. The van der Waals surface area contributed by atoms with Crippen LogP contribution in [0.15, 0.2) is 36.5 Å². The van der Waals surface area contributed by atoms with Gasteiger partial charge in [-0.05, 0) is 31.7 Å². The zero-order valence-corrected chi connectivity index (χ0v) is 12.6. The van der Waals surface area contributed by atoms with Gasteiger partial charge in [-0.2, -0.15) is 5.10 Å². The Morgan fingerprint density at radius 3 is 2.95 bits per heavy atom. The third kappa shape index (κ3) is 2.94. The number of para-hydroxylation sites is 2. The first-order valence-electron chi connectivity index (χ1n) is 7.37. The number of benzene rings is 1. The number of ether oxygens (including phenoxy) is 1. The molecule has 0 amide bonds. The van der Waals surface area contributed by atoms with Crippen LogP contribution in [0, 0.1) is 0 Å². The van der Waals surface area contributed by atoms with Crippen LogP contribution in [0.5, 0.6) is 5.75 Å². The van der Waals surface area contributed by atoms with Gasteiger partial charge in [0.2, 0.25) is 0 Å². The molecule has 0 saturated carbocycles. The minimum absolute atomic E-state index is 0.604. The molecule has 2 heterocycles. The molecule has 1 aromatic carbocycles. The second-order valence-corrected chi connectivity index (χ2v) is 5.42. The predicted octanol–water partition coefficient (Wildman–Crippen LogP) is 1.67. The summed E-state index contributed by atoms with van der Waals surface area (Å²) >= 11 is 0. The van der Waals surface area contributed by atoms with Crippen molar-refractivity contribution < 1.29 is 4.74 Å². The second kappa shape index (κ2) is 6.28. The van der Waals surface area contributed by atoms with Crippen LogP contribution >= 0.6 is 0 Å². The molecule has 3 rings (SSSR count). The highest BCUT2D eigenvalue weighted by Gasteiger charge is 2.22. The van der Waals surface area contributed by atoms with E-state index in [4.69, 9.17) is 4.74 Å². The zero-order chi connectivity index (χ0) is 14.7. The van der Waals surface area contributed by atoms with Crippen LogP contribution in [-0.2, 0) is 6.54 Å². The molecule has 5 nitrogen and oxygen atoms in total. The van der Waals surface area contributed by atoms with Gasteiger partial charge < -0.3 is 10.1 Å². The fourth-order valence-electron chi connectivity index (χ4n) is 2.91. The quantitative estimate of drug-likeness (QED) is 0.908. The largest absolute Gasteiger partial charge is 0.494 e. The van der Waals surface area contributed by atoms with Gasteiger partial charge in [-0.15, -0.1) is 0 Å². The lowest BCUT2D eigenvalue weighted by Gasteiger charge is -2.17. The molecule has 0 radical (unpaired) electrons. The molecule has 1 N–H and O–H groups in total. The summed E-state index contributed by atoms with van der Waals surface area (Å²) in [6.07, 6.45) is 3.06. The Morgan fingerprint density at radius 1 is 1.33 bits per heavy atom. The molecule has 1 fully saturated rings. The first-order valence-corrected chi connectivity index (χ1v) is 7.37. The third-order valence-corrected chi connectivity index (χ3v) is 4.10. The van der Waals surface area contributed by atoms with Crippen molar-refractivity contribution in [2.24, 2.45) is 0 Å². The number of aromatic nitrogens is 2. The number of methoxy groups -OCH3 is 1. The number of likely N-dealkylation sites (tertiary alicyclic amines) is 1. The molecule has 1 atom stereocenters. The summed E-state index contributed by atoms with van der Waals surface area (Å²) in [5.41, 5.74) is 2.18. The van der Waals surface area contributed by atoms with Crippen LogP contribution in [-0.4, -0.2) is 48.0 Å². The highest BCUT2D eigenvalue weighted by Crippen LogP contribution is 2.24. The lowest BCUT2D eigenvalue weighted by Crippen LogP contribution is -2.29. The first-order chi connectivity index (χ1) is 10.3. The molecule has 1 aliphatic heterocycles. The lowest BCUT2D eigenvalue weighted by molar-refractivity contribution is 0.314. The summed E-state index contributed by atoms with van der Waals surface area (Å²) < 4.78 is 7.42. The molecular weight excluding hydrogens is 264 g/mol. The standard InChI is InChI=1S/C16H22N4O/c1-17-13-8-10-19(11-13)12-14-7-9-18-20(14)15-5-3-4-6-16(15)21-2/h3-7,9,13,17H,8,10-12H2,1-2H3. The molecule has 1 aromatic heterocycles. The van der Waals surface area contributed by atoms with Gasteiger partial charge in [0, 0.05) is 31.9 Å². The van der Waals surface area contributed by atoms with Gasteiger partial charge in [0.15, 0.2) is 0 Å². The van der Waals surface area contributed by atoms with Crippen LogP contribution in [0.2, 0.25) is 0 Å². The van der Waals surface area contributed by atoms with Gasteiger partial charge in [0.05, 0.1) is 12.8 Å². The maximum atomic E-state index is 5.44. The Hall–Kier alpha value is -1.85. The topological polar surface area (TPSA) is 42.3 Å². The number of hydrogen-bond acceptors (Lipinski definition) is 4. The van der Waals surface area contributed by atoms with Crippen molar-refractivity contribution in [3.63, 3.8) is 0 Å². The number of hydrogen-bond donors (Lipinski definition) is 1. The number of nitrogens with one attached hydrogen (secondary N) is 1. The van der Waals surface area contributed by atoms with Crippen molar-refractivity contribution in [1.82, 2.24) is 20.0 Å². The monoisotopic (exact) mass is 286 g/mol. The Balaban J connectivity index is 1.81. The molecule has 1 saturated heterocycles. The van der Waals surface area contributed by atoms with Crippen molar-refractivity contribution in [2.75, 3.05) is 27.2 Å². The third-order valence-electron chi connectivity index (χ3n) is 4.10. The zero-order valence-electron chi connectivity index (χ0n) is 12.6. The van der Waals surface area contributed by atoms with Crippen molar-refractivity contribution in [3.8, 4) is 11.4 Å². The molecule has 2 aromatic rings. The van der Waals surface area contributed by atoms with Gasteiger partial charge in [0.25, 0.3) is 0 Å². The summed E-state index contributed by atoms with van der Waals surface area (Å²) in [5, 5.41) is 7.82. The fraction of sp³-hybridized carbons (Fsp3) is 0.438. The van der Waals surface area contributed by atoms with E-state index in [-0.39, 0.29) is 0 Å². The molecule has 0 bridgehead atoms. The number of rotatable bonds is 5. The van der Waals surface area contributed by atoms with Crippen molar-refractivity contribution in [3.05, 3.63) is 42.2 Å². The number of likely N-dealkylation sites (N-methyl/N-ethyl adjacent to an activating group) is 1. The normalized spacial score (nSPS) is 19.0. The van der Waals surface area contributed by atoms with Crippen LogP contribution in [0.4, 0.5) is 0 Å². The van der Waals surface area contributed by atoms with Gasteiger partial charge in [-0.1, -0.05) is 12.1 Å². The summed E-state index contributed by atoms with van der Waals surface area (Å²) in [6, 6.07) is 10.7. The van der Waals surface area contributed by atoms with E-state index in [1.807, 2.05) is 42.2 Å². The maximum Gasteiger partial charge on any atom is 0.144 e. The average Bonchev–Trinajstić information content (AvgIpc) is 3.17. The van der Waals surface area contributed by atoms with Gasteiger partial charge >= 0.3 is 0 Å². The molecule has 0 spiro atoms. The molecule has 0 aliphatic carbocycles. The number of nitrogens with zero attached hydrogens (tertiary/aromatic N) is 3. The van der Waals surface area contributed by atoms with E-state index in [9.17, 15) is 0 Å². The smallest absolute Gasteiger partial charge is 0.144 e. The van der Waals surface area contributed by atoms with E-state index < -0.39 is 0 Å². The molecule has 1 unspecified atom stereocenters. The Bertz CT molecular complexity index is 595. The van der Waals surface area contributed by atoms with Crippen molar-refractivity contribution >= 4 is 0 Å². The molecule has 21 heavy (non-hydrogen) atoms. The molecule has 1 aliphatic rings. The van der Waals surface area contributed by atoms with E-state index in [1.54, 1.807) is 7.11 Å². The Kier molecular flexibility index (Phi) is 4.22.